The Morgan fingerprint density at radius 3 is 2.75 bits per heavy atom. The van der Waals surface area contributed by atoms with Crippen LogP contribution in [0.1, 0.15) is 50.4 Å². The minimum atomic E-state index is -0.349. The zero-order chi connectivity index (χ0) is 19.8. The third-order valence-electron chi connectivity index (χ3n) is 5.34. The fourth-order valence-electron chi connectivity index (χ4n) is 3.77. The number of primary amides is 1. The fourth-order valence-corrected chi connectivity index (χ4v) is 4.70. The summed E-state index contributed by atoms with van der Waals surface area (Å²) in [6.07, 6.45) is 3.30. The van der Waals surface area contributed by atoms with E-state index in [1.165, 1.54) is 17.3 Å². The van der Waals surface area contributed by atoms with E-state index in [1.54, 1.807) is 0 Å². The van der Waals surface area contributed by atoms with E-state index in [1.807, 2.05) is 34.6 Å². The number of fused-ring (bicyclic) bond motifs is 1. The summed E-state index contributed by atoms with van der Waals surface area (Å²) in [4.78, 5) is 26.4. The van der Waals surface area contributed by atoms with E-state index in [4.69, 9.17) is 5.73 Å². The number of nitrogens with two attached hydrogens (primary N) is 1. The second kappa shape index (κ2) is 7.58. The average molecular weight is 400 g/mol. The van der Waals surface area contributed by atoms with Gasteiger partial charge in [0.05, 0.1) is 5.25 Å². The van der Waals surface area contributed by atoms with Gasteiger partial charge in [0, 0.05) is 30.6 Å². The van der Waals surface area contributed by atoms with Crippen molar-refractivity contribution in [2.75, 3.05) is 4.90 Å². The highest BCUT2D eigenvalue weighted by Gasteiger charge is 2.35. The minimum Gasteiger partial charge on any atom is -0.370 e. The SMILES string of the molecule is CC(Sc1nnc(C2CC2)n1CCC(N)=O)C(=O)N1c2ccccc2CC1C. The first kappa shape index (κ1) is 19.0. The fraction of sp³-hybridized carbons (Fsp3) is 0.500. The van der Waals surface area contributed by atoms with Crippen molar-refractivity contribution in [3.8, 4) is 0 Å². The first-order chi connectivity index (χ1) is 13.5. The third-order valence-corrected chi connectivity index (χ3v) is 6.41. The molecule has 0 radical (unpaired) electrons. The number of nitrogens with zero attached hydrogens (tertiary/aromatic N) is 4. The van der Waals surface area contributed by atoms with Crippen LogP contribution >= 0.6 is 11.8 Å². The number of anilines is 1. The Labute approximate surface area is 168 Å². The van der Waals surface area contributed by atoms with Crippen molar-refractivity contribution in [2.24, 2.45) is 5.73 Å². The molecule has 1 aromatic carbocycles. The van der Waals surface area contributed by atoms with Crippen molar-refractivity contribution in [1.29, 1.82) is 0 Å². The molecule has 2 aliphatic rings. The third kappa shape index (κ3) is 3.65. The standard InChI is InChI=1S/C20H25N5O2S/c1-12-11-15-5-3-4-6-16(15)25(12)19(27)13(2)28-20-23-22-18(14-7-8-14)24(20)10-9-17(21)26/h3-6,12-14H,7-11H2,1-2H3,(H2,21,26). The number of amides is 2. The molecule has 1 aliphatic carbocycles. The van der Waals surface area contributed by atoms with Crippen LogP contribution in [0.15, 0.2) is 29.4 Å². The lowest BCUT2D eigenvalue weighted by atomic mass is 10.1. The number of benzene rings is 1. The molecule has 2 amide bonds. The van der Waals surface area contributed by atoms with Gasteiger partial charge in [-0.15, -0.1) is 10.2 Å². The molecule has 1 fully saturated rings. The zero-order valence-corrected chi connectivity index (χ0v) is 17.0. The van der Waals surface area contributed by atoms with Crippen LogP contribution < -0.4 is 10.6 Å². The van der Waals surface area contributed by atoms with Gasteiger partial charge in [-0.1, -0.05) is 30.0 Å². The summed E-state index contributed by atoms with van der Waals surface area (Å²) < 4.78 is 1.97. The maximum atomic E-state index is 13.2. The molecule has 2 atom stereocenters. The summed E-state index contributed by atoms with van der Waals surface area (Å²) >= 11 is 1.41. The van der Waals surface area contributed by atoms with Crippen LogP contribution in [0.4, 0.5) is 5.69 Å². The predicted octanol–water partition coefficient (Wildman–Crippen LogP) is 2.49. The second-order valence-electron chi connectivity index (χ2n) is 7.63. The number of aromatic nitrogens is 3. The van der Waals surface area contributed by atoms with Crippen molar-refractivity contribution in [2.45, 2.75) is 68.4 Å². The van der Waals surface area contributed by atoms with Gasteiger partial charge >= 0.3 is 0 Å². The zero-order valence-electron chi connectivity index (χ0n) is 16.2. The molecule has 0 saturated heterocycles. The summed E-state index contributed by atoms with van der Waals surface area (Å²) in [6, 6.07) is 8.21. The Bertz CT molecular complexity index is 908. The van der Waals surface area contributed by atoms with Crippen LogP contribution in [0.3, 0.4) is 0 Å². The molecule has 1 aliphatic heterocycles. The second-order valence-corrected chi connectivity index (χ2v) is 8.94. The van der Waals surface area contributed by atoms with Crippen molar-refractivity contribution < 1.29 is 9.59 Å². The molecule has 2 heterocycles. The maximum Gasteiger partial charge on any atom is 0.240 e. The van der Waals surface area contributed by atoms with Gasteiger partial charge in [-0.25, -0.2) is 0 Å². The van der Waals surface area contributed by atoms with Gasteiger partial charge in [0.15, 0.2) is 5.16 Å². The number of hydrogen-bond donors (Lipinski definition) is 1. The van der Waals surface area contributed by atoms with Crippen LogP contribution in [0.25, 0.3) is 0 Å². The van der Waals surface area contributed by atoms with Crippen molar-refractivity contribution in [3.63, 3.8) is 0 Å². The highest BCUT2D eigenvalue weighted by atomic mass is 32.2. The van der Waals surface area contributed by atoms with Crippen molar-refractivity contribution in [3.05, 3.63) is 35.7 Å². The highest BCUT2D eigenvalue weighted by molar-refractivity contribution is 8.00. The van der Waals surface area contributed by atoms with Crippen LogP contribution in [0.5, 0.6) is 0 Å². The lowest BCUT2D eigenvalue weighted by molar-refractivity contribution is -0.119. The molecular formula is C20H25N5O2S. The van der Waals surface area contributed by atoms with Gasteiger partial charge in [-0.2, -0.15) is 0 Å². The molecule has 0 bridgehead atoms. The summed E-state index contributed by atoms with van der Waals surface area (Å²) in [5.74, 6) is 1.03. The molecule has 2 N–H and O–H groups in total. The van der Waals surface area contributed by atoms with Crippen LogP contribution in [-0.2, 0) is 22.6 Å². The number of thioether (sulfide) groups is 1. The van der Waals surface area contributed by atoms with E-state index in [-0.39, 0.29) is 29.5 Å². The van der Waals surface area contributed by atoms with Crippen LogP contribution in [0, 0.1) is 0 Å². The van der Waals surface area contributed by atoms with E-state index >= 15 is 0 Å². The van der Waals surface area contributed by atoms with E-state index in [0.29, 0.717) is 17.6 Å². The Balaban J connectivity index is 1.53. The molecule has 1 saturated carbocycles. The van der Waals surface area contributed by atoms with Gasteiger partial charge in [0.25, 0.3) is 0 Å². The van der Waals surface area contributed by atoms with E-state index in [2.05, 4.69) is 23.2 Å². The quantitative estimate of drug-likeness (QED) is 0.722. The summed E-state index contributed by atoms with van der Waals surface area (Å²) in [7, 11) is 0. The first-order valence-corrected chi connectivity index (χ1v) is 10.6. The summed E-state index contributed by atoms with van der Waals surface area (Å²) in [5.41, 5.74) is 7.54. The Kier molecular flexibility index (Phi) is 5.14. The van der Waals surface area contributed by atoms with Crippen LogP contribution in [0.2, 0.25) is 0 Å². The topological polar surface area (TPSA) is 94.1 Å². The molecule has 148 valence electrons. The van der Waals surface area contributed by atoms with E-state index < -0.39 is 0 Å². The van der Waals surface area contributed by atoms with Gasteiger partial charge in [0.1, 0.15) is 5.82 Å². The van der Waals surface area contributed by atoms with E-state index in [0.717, 1.165) is 30.8 Å². The van der Waals surface area contributed by atoms with E-state index in [9.17, 15) is 9.59 Å². The molecule has 8 heteroatoms. The molecule has 7 nitrogen and oxygen atoms in total. The van der Waals surface area contributed by atoms with Gasteiger partial charge in [0.2, 0.25) is 11.8 Å². The number of carbonyl (C=O) groups excluding carboxylic acids is 2. The maximum absolute atomic E-state index is 13.2. The number of rotatable bonds is 7. The lowest BCUT2D eigenvalue weighted by Crippen LogP contribution is -2.40. The van der Waals surface area contributed by atoms with Crippen molar-refractivity contribution >= 4 is 29.3 Å². The van der Waals surface area contributed by atoms with Gasteiger partial charge in [-0.3, -0.25) is 9.59 Å². The van der Waals surface area contributed by atoms with Gasteiger partial charge in [-0.05, 0) is 44.7 Å². The number of para-hydroxylation sites is 1. The lowest BCUT2D eigenvalue weighted by Gasteiger charge is -2.25. The highest BCUT2D eigenvalue weighted by Crippen LogP contribution is 2.41. The number of hydrogen-bond acceptors (Lipinski definition) is 5. The molecule has 1 aromatic heterocycles. The number of carbonyl (C=O) groups is 2. The van der Waals surface area contributed by atoms with Crippen molar-refractivity contribution in [1.82, 2.24) is 14.8 Å². The molecule has 28 heavy (non-hydrogen) atoms. The monoisotopic (exact) mass is 399 g/mol. The van der Waals surface area contributed by atoms with Crippen LogP contribution in [-0.4, -0.2) is 37.9 Å². The Morgan fingerprint density at radius 1 is 1.29 bits per heavy atom. The summed E-state index contributed by atoms with van der Waals surface area (Å²) in [5, 5.41) is 9.03. The summed E-state index contributed by atoms with van der Waals surface area (Å²) in [6.45, 7) is 4.45. The Hall–Kier alpha value is -2.35. The normalized spacial score (nSPS) is 19.5. The smallest absolute Gasteiger partial charge is 0.240 e. The molecule has 2 aromatic rings. The molecule has 4 rings (SSSR count). The van der Waals surface area contributed by atoms with Gasteiger partial charge < -0.3 is 15.2 Å². The predicted molar refractivity (Wildman–Crippen MR) is 108 cm³/mol. The molecule has 2 unspecified atom stereocenters. The largest absolute Gasteiger partial charge is 0.370 e. The molecule has 0 spiro atoms. The molecular weight excluding hydrogens is 374 g/mol. The Morgan fingerprint density at radius 2 is 2.04 bits per heavy atom. The average Bonchev–Trinajstić information content (AvgIpc) is 3.34. The first-order valence-electron chi connectivity index (χ1n) is 9.74. The minimum absolute atomic E-state index is 0.0693.